The van der Waals surface area contributed by atoms with Crippen LogP contribution in [0.4, 0.5) is 0 Å². The third kappa shape index (κ3) is 5.08. The first-order valence-electron chi connectivity index (χ1n) is 10.5. The molecule has 4 rings (SSSR count). The van der Waals surface area contributed by atoms with Crippen molar-refractivity contribution in [2.45, 2.75) is 6.10 Å². The molecule has 3 N–H and O–H groups in total. The second-order valence-corrected chi connectivity index (χ2v) is 8.52. The summed E-state index contributed by atoms with van der Waals surface area (Å²) in [6.45, 7) is 2.31. The molecule has 0 saturated carbocycles. The lowest BCUT2D eigenvalue weighted by atomic mass is 9.95. The van der Waals surface area contributed by atoms with E-state index in [0.29, 0.717) is 35.3 Å². The minimum absolute atomic E-state index is 0.0295. The number of ether oxygens (including phenoxy) is 1. The van der Waals surface area contributed by atoms with Crippen LogP contribution in [0.15, 0.2) is 66.7 Å². The van der Waals surface area contributed by atoms with Gasteiger partial charge >= 0.3 is 0 Å². The van der Waals surface area contributed by atoms with Crippen molar-refractivity contribution < 1.29 is 14.6 Å². The van der Waals surface area contributed by atoms with E-state index in [-0.39, 0.29) is 29.2 Å². The molecule has 0 bridgehead atoms. The number of hydrogen-bond acceptors (Lipinski definition) is 4. The van der Waals surface area contributed by atoms with Crippen LogP contribution in [0.25, 0.3) is 11.1 Å². The van der Waals surface area contributed by atoms with Crippen LogP contribution >= 0.6 is 23.2 Å². The number of phenolic OH excluding ortho intramolecular Hbond substituents is 1. The lowest BCUT2D eigenvalue weighted by Gasteiger charge is -2.26. The zero-order valence-corrected chi connectivity index (χ0v) is 18.9. The minimum atomic E-state index is -0.336. The highest BCUT2D eigenvalue weighted by Gasteiger charge is 2.27. The molecule has 0 aliphatic carbocycles. The van der Waals surface area contributed by atoms with Gasteiger partial charge in [0.2, 0.25) is 0 Å². The number of hydrogen-bond donors (Lipinski definition) is 3. The first kappa shape index (κ1) is 22.6. The van der Waals surface area contributed by atoms with Crippen molar-refractivity contribution >= 4 is 29.1 Å². The Morgan fingerprint density at radius 2 is 1.88 bits per heavy atom. The van der Waals surface area contributed by atoms with Gasteiger partial charge < -0.3 is 20.5 Å². The molecule has 2 atom stereocenters. The van der Waals surface area contributed by atoms with E-state index in [9.17, 15) is 9.90 Å². The Bertz CT molecular complexity index is 1090. The summed E-state index contributed by atoms with van der Waals surface area (Å²) in [6, 6.07) is 20.1. The summed E-state index contributed by atoms with van der Waals surface area (Å²) in [5.41, 5.74) is 2.61. The highest BCUT2D eigenvalue weighted by molar-refractivity contribution is 6.42. The molecular formula is C25H24Cl2N2O3. The van der Waals surface area contributed by atoms with Crippen LogP contribution in [0, 0.1) is 5.92 Å². The predicted molar refractivity (Wildman–Crippen MR) is 127 cm³/mol. The zero-order chi connectivity index (χ0) is 22.5. The van der Waals surface area contributed by atoms with E-state index < -0.39 is 0 Å². The molecule has 32 heavy (non-hydrogen) atoms. The first-order chi connectivity index (χ1) is 15.5. The van der Waals surface area contributed by atoms with Crippen molar-refractivity contribution in [3.63, 3.8) is 0 Å². The Labute approximate surface area is 197 Å². The molecule has 3 aromatic carbocycles. The maximum atomic E-state index is 12.9. The Morgan fingerprint density at radius 1 is 1.06 bits per heavy atom. The average Bonchev–Trinajstić information content (AvgIpc) is 3.05. The normalized spacial score (nSPS) is 18.7. The van der Waals surface area contributed by atoms with Crippen LogP contribution in [-0.4, -0.2) is 37.3 Å². The third-order valence-electron chi connectivity index (χ3n) is 5.57. The number of carbonyl (C=O) groups excluding carboxylic acids is 1. The van der Waals surface area contributed by atoms with Gasteiger partial charge in [-0.2, -0.15) is 0 Å². The SMILES string of the molecule is O=C(NC[C@@H]1CNCCO[C@H]1c1ccc(Cl)c(Cl)c1)c1cccc(-c2ccccc2)c1O. The fourth-order valence-corrected chi connectivity index (χ4v) is 4.23. The van der Waals surface area contributed by atoms with Crippen LogP contribution in [0.5, 0.6) is 5.75 Å². The lowest BCUT2D eigenvalue weighted by Crippen LogP contribution is -2.36. The van der Waals surface area contributed by atoms with Gasteiger partial charge in [0.25, 0.3) is 5.91 Å². The number of benzene rings is 3. The van der Waals surface area contributed by atoms with Crippen molar-refractivity contribution in [1.82, 2.24) is 10.6 Å². The third-order valence-corrected chi connectivity index (χ3v) is 6.31. The Hall–Kier alpha value is -2.57. The van der Waals surface area contributed by atoms with Gasteiger partial charge in [0, 0.05) is 31.1 Å². The second-order valence-electron chi connectivity index (χ2n) is 7.71. The Morgan fingerprint density at radius 3 is 2.66 bits per heavy atom. The molecular weight excluding hydrogens is 447 g/mol. The molecule has 1 saturated heterocycles. The summed E-state index contributed by atoms with van der Waals surface area (Å²) in [5.74, 6) is -0.400. The number of carbonyl (C=O) groups is 1. The molecule has 7 heteroatoms. The number of nitrogens with one attached hydrogen (secondary N) is 2. The number of aromatic hydroxyl groups is 1. The van der Waals surface area contributed by atoms with Crippen molar-refractivity contribution in [1.29, 1.82) is 0 Å². The first-order valence-corrected chi connectivity index (χ1v) is 11.2. The number of phenols is 1. The molecule has 1 fully saturated rings. The van der Waals surface area contributed by atoms with E-state index in [2.05, 4.69) is 10.6 Å². The topological polar surface area (TPSA) is 70.6 Å². The van der Waals surface area contributed by atoms with Crippen molar-refractivity contribution in [2.75, 3.05) is 26.2 Å². The van der Waals surface area contributed by atoms with Crippen molar-refractivity contribution in [3.8, 4) is 16.9 Å². The van der Waals surface area contributed by atoms with E-state index in [4.69, 9.17) is 27.9 Å². The number of amides is 1. The van der Waals surface area contributed by atoms with Crippen LogP contribution in [0.3, 0.4) is 0 Å². The van der Waals surface area contributed by atoms with Crippen LogP contribution in [0.1, 0.15) is 22.0 Å². The van der Waals surface area contributed by atoms with Gasteiger partial charge in [-0.1, -0.05) is 71.7 Å². The molecule has 0 spiro atoms. The highest BCUT2D eigenvalue weighted by Crippen LogP contribution is 2.33. The van der Waals surface area contributed by atoms with Gasteiger partial charge in [-0.05, 0) is 29.3 Å². The molecule has 1 aliphatic rings. The average molecular weight is 471 g/mol. The van der Waals surface area contributed by atoms with Gasteiger partial charge in [-0.15, -0.1) is 0 Å². The fourth-order valence-electron chi connectivity index (χ4n) is 3.92. The minimum Gasteiger partial charge on any atom is -0.506 e. The fraction of sp³-hybridized carbons (Fsp3) is 0.240. The van der Waals surface area contributed by atoms with Crippen LogP contribution in [0.2, 0.25) is 10.0 Å². The summed E-state index contributed by atoms with van der Waals surface area (Å²) in [4.78, 5) is 12.9. The summed E-state index contributed by atoms with van der Waals surface area (Å²) in [5, 5.41) is 18.0. The Kier molecular flexibility index (Phi) is 7.33. The van der Waals surface area contributed by atoms with E-state index in [1.54, 1.807) is 24.3 Å². The van der Waals surface area contributed by atoms with Gasteiger partial charge in [-0.25, -0.2) is 0 Å². The molecule has 1 amide bonds. The highest BCUT2D eigenvalue weighted by atomic mass is 35.5. The summed E-state index contributed by atoms with van der Waals surface area (Å²) >= 11 is 12.3. The van der Waals surface area contributed by atoms with Gasteiger partial charge in [-0.3, -0.25) is 4.79 Å². The maximum Gasteiger partial charge on any atom is 0.255 e. The zero-order valence-electron chi connectivity index (χ0n) is 17.4. The molecule has 3 aromatic rings. The summed E-state index contributed by atoms with van der Waals surface area (Å²) in [6.07, 6.45) is -0.246. The van der Waals surface area contributed by atoms with Gasteiger partial charge in [0.15, 0.2) is 0 Å². The van der Waals surface area contributed by atoms with Crippen molar-refractivity contribution in [2.24, 2.45) is 5.92 Å². The second kappa shape index (κ2) is 10.4. The standard InChI is InChI=1S/C25H24Cl2N2O3/c26-21-10-9-17(13-22(21)27)24-18(14-28-11-12-32-24)15-29-25(31)20-8-4-7-19(23(20)30)16-5-2-1-3-6-16/h1-10,13,18,24,28,30H,11-12,14-15H2,(H,29,31)/t18-,24-/m0/s1. The summed E-state index contributed by atoms with van der Waals surface area (Å²) in [7, 11) is 0. The Balaban J connectivity index is 1.51. The monoisotopic (exact) mass is 470 g/mol. The molecule has 0 radical (unpaired) electrons. The quantitative estimate of drug-likeness (QED) is 0.486. The van der Waals surface area contributed by atoms with Crippen molar-refractivity contribution in [3.05, 3.63) is 87.9 Å². The van der Waals surface area contributed by atoms with Crippen LogP contribution < -0.4 is 10.6 Å². The molecule has 5 nitrogen and oxygen atoms in total. The smallest absolute Gasteiger partial charge is 0.255 e. The van der Waals surface area contributed by atoms with E-state index in [1.807, 2.05) is 42.5 Å². The van der Waals surface area contributed by atoms with Crippen LogP contribution in [-0.2, 0) is 4.74 Å². The largest absolute Gasteiger partial charge is 0.506 e. The molecule has 1 heterocycles. The van der Waals surface area contributed by atoms with Gasteiger partial charge in [0.1, 0.15) is 5.75 Å². The molecule has 0 unspecified atom stereocenters. The molecule has 0 aromatic heterocycles. The number of rotatable bonds is 5. The van der Waals surface area contributed by atoms with Gasteiger partial charge in [0.05, 0.1) is 28.3 Å². The molecule has 166 valence electrons. The molecule has 1 aliphatic heterocycles. The lowest BCUT2D eigenvalue weighted by molar-refractivity contribution is 0.0306. The predicted octanol–water partition coefficient (Wildman–Crippen LogP) is 5.07. The van der Waals surface area contributed by atoms with E-state index in [0.717, 1.165) is 17.7 Å². The number of halogens is 2. The maximum absolute atomic E-state index is 12.9. The summed E-state index contributed by atoms with van der Waals surface area (Å²) < 4.78 is 6.07. The van der Waals surface area contributed by atoms with E-state index >= 15 is 0 Å². The number of para-hydroxylation sites is 1. The van der Waals surface area contributed by atoms with E-state index in [1.165, 1.54) is 0 Å².